The molecular weight excluding hydrogens is 507 g/mol. The van der Waals surface area contributed by atoms with Gasteiger partial charge in [-0.25, -0.2) is 13.2 Å². The van der Waals surface area contributed by atoms with E-state index in [1.807, 2.05) is 0 Å². The second-order valence-corrected chi connectivity index (χ2v) is 8.70. The molecule has 2 N–H and O–H groups in total. The molecule has 0 unspecified atom stereocenters. The Morgan fingerprint density at radius 1 is 1.24 bits per heavy atom. The second kappa shape index (κ2) is 12.9. The van der Waals surface area contributed by atoms with E-state index in [2.05, 4.69) is 15.6 Å². The molecule has 1 amide bonds. The highest BCUT2D eigenvalue weighted by molar-refractivity contribution is 14.0. The van der Waals surface area contributed by atoms with Crippen molar-refractivity contribution in [3.63, 3.8) is 0 Å². The Morgan fingerprint density at radius 2 is 1.90 bits per heavy atom. The van der Waals surface area contributed by atoms with E-state index >= 15 is 0 Å². The van der Waals surface area contributed by atoms with Gasteiger partial charge in [0.05, 0.1) is 17.3 Å². The Balaban J connectivity index is 0.00000420. The molecule has 0 atom stereocenters. The number of amides is 1. The number of hydrogen-bond donors (Lipinski definition) is 2. The van der Waals surface area contributed by atoms with E-state index in [9.17, 15) is 13.2 Å². The quantitative estimate of drug-likeness (QED) is 0.239. The SMILES string of the molecule is CCOC(=O)N1CCC(NC(=NC)NCCCS(=O)(=O)c2ccccc2)CC1.I. The first kappa shape index (κ1) is 25.5. The minimum atomic E-state index is -3.26. The summed E-state index contributed by atoms with van der Waals surface area (Å²) in [7, 11) is -1.58. The Labute approximate surface area is 190 Å². The van der Waals surface area contributed by atoms with Crippen LogP contribution in [0.25, 0.3) is 0 Å². The summed E-state index contributed by atoms with van der Waals surface area (Å²) in [6.45, 7) is 3.97. The van der Waals surface area contributed by atoms with Gasteiger partial charge in [-0.2, -0.15) is 0 Å². The third-order valence-corrected chi connectivity index (χ3v) is 6.39. The summed E-state index contributed by atoms with van der Waals surface area (Å²) in [6.07, 6.45) is 1.84. The third-order valence-electron chi connectivity index (χ3n) is 4.57. The Hall–Kier alpha value is -1.56. The van der Waals surface area contributed by atoms with Crippen LogP contribution in [0, 0.1) is 0 Å². The minimum absolute atomic E-state index is 0. The van der Waals surface area contributed by atoms with Crippen LogP contribution in [0.2, 0.25) is 0 Å². The average molecular weight is 538 g/mol. The van der Waals surface area contributed by atoms with Crippen molar-refractivity contribution in [1.29, 1.82) is 0 Å². The van der Waals surface area contributed by atoms with E-state index < -0.39 is 9.84 Å². The van der Waals surface area contributed by atoms with Crippen LogP contribution in [0.3, 0.4) is 0 Å². The van der Waals surface area contributed by atoms with Gasteiger partial charge in [0, 0.05) is 32.7 Å². The zero-order valence-corrected chi connectivity index (χ0v) is 20.1. The number of benzene rings is 1. The summed E-state index contributed by atoms with van der Waals surface area (Å²) in [6, 6.07) is 8.70. The number of nitrogens with one attached hydrogen (secondary N) is 2. The second-order valence-electron chi connectivity index (χ2n) is 6.59. The first-order chi connectivity index (χ1) is 13.5. The molecule has 1 heterocycles. The predicted molar refractivity (Wildman–Crippen MR) is 125 cm³/mol. The van der Waals surface area contributed by atoms with Gasteiger partial charge in [-0.05, 0) is 38.3 Å². The number of rotatable bonds is 7. The van der Waals surface area contributed by atoms with Crippen molar-refractivity contribution < 1.29 is 17.9 Å². The molecule has 0 aromatic heterocycles. The number of ether oxygens (including phenoxy) is 1. The van der Waals surface area contributed by atoms with Gasteiger partial charge in [-0.15, -0.1) is 24.0 Å². The number of carbonyl (C=O) groups is 1. The number of guanidine groups is 1. The molecule has 10 heteroatoms. The number of halogens is 1. The number of aliphatic imine (C=N–C) groups is 1. The van der Waals surface area contributed by atoms with Crippen LogP contribution in [0.1, 0.15) is 26.2 Å². The lowest BCUT2D eigenvalue weighted by Crippen LogP contribution is -2.50. The van der Waals surface area contributed by atoms with Crippen molar-refractivity contribution in [2.75, 3.05) is 39.0 Å². The maximum atomic E-state index is 12.3. The van der Waals surface area contributed by atoms with E-state index in [0.717, 1.165) is 12.8 Å². The Kier molecular flexibility index (Phi) is 11.3. The van der Waals surface area contributed by atoms with Crippen molar-refractivity contribution >= 4 is 45.9 Å². The summed E-state index contributed by atoms with van der Waals surface area (Å²) >= 11 is 0. The van der Waals surface area contributed by atoms with E-state index in [0.29, 0.717) is 43.5 Å². The largest absolute Gasteiger partial charge is 0.450 e. The molecular formula is C19H31IN4O4S. The van der Waals surface area contributed by atoms with Gasteiger partial charge in [0.2, 0.25) is 0 Å². The predicted octanol–water partition coefficient (Wildman–Crippen LogP) is 2.25. The molecule has 1 aliphatic heterocycles. The Bertz CT molecular complexity index is 751. The van der Waals surface area contributed by atoms with Crippen molar-refractivity contribution in [1.82, 2.24) is 15.5 Å². The van der Waals surface area contributed by atoms with Crippen molar-refractivity contribution in [3.05, 3.63) is 30.3 Å². The molecule has 1 saturated heterocycles. The van der Waals surface area contributed by atoms with E-state index in [1.54, 1.807) is 49.2 Å². The zero-order valence-electron chi connectivity index (χ0n) is 17.0. The number of sulfone groups is 1. The fourth-order valence-corrected chi connectivity index (χ4v) is 4.36. The van der Waals surface area contributed by atoms with Crippen molar-refractivity contribution in [3.8, 4) is 0 Å². The van der Waals surface area contributed by atoms with Crippen LogP contribution in [0.5, 0.6) is 0 Å². The molecule has 0 aliphatic carbocycles. The van der Waals surface area contributed by atoms with E-state index in [4.69, 9.17) is 4.74 Å². The topological polar surface area (TPSA) is 100 Å². The van der Waals surface area contributed by atoms with Gasteiger partial charge in [-0.1, -0.05) is 18.2 Å². The summed E-state index contributed by atoms with van der Waals surface area (Å²) in [5.41, 5.74) is 0. The van der Waals surface area contributed by atoms with Crippen molar-refractivity contribution in [2.45, 2.75) is 37.1 Å². The summed E-state index contributed by atoms with van der Waals surface area (Å²) < 4.78 is 29.6. The highest BCUT2D eigenvalue weighted by Crippen LogP contribution is 2.12. The summed E-state index contributed by atoms with van der Waals surface area (Å²) in [5.74, 6) is 0.727. The molecule has 8 nitrogen and oxygen atoms in total. The first-order valence-electron chi connectivity index (χ1n) is 9.63. The van der Waals surface area contributed by atoms with Gasteiger partial charge in [-0.3, -0.25) is 4.99 Å². The van der Waals surface area contributed by atoms with Gasteiger partial charge >= 0.3 is 6.09 Å². The lowest BCUT2D eigenvalue weighted by molar-refractivity contribution is 0.0963. The molecule has 0 spiro atoms. The minimum Gasteiger partial charge on any atom is -0.450 e. The number of likely N-dealkylation sites (tertiary alicyclic amines) is 1. The van der Waals surface area contributed by atoms with Crippen molar-refractivity contribution in [2.24, 2.45) is 4.99 Å². The number of nitrogens with zero attached hydrogens (tertiary/aromatic N) is 2. The van der Waals surface area contributed by atoms with Gasteiger partial charge < -0.3 is 20.3 Å². The smallest absolute Gasteiger partial charge is 0.409 e. The van der Waals surface area contributed by atoms with Crippen LogP contribution >= 0.6 is 24.0 Å². The Morgan fingerprint density at radius 3 is 2.48 bits per heavy atom. The first-order valence-corrected chi connectivity index (χ1v) is 11.3. The lowest BCUT2D eigenvalue weighted by atomic mass is 10.1. The van der Waals surface area contributed by atoms with Crippen LogP contribution in [-0.2, 0) is 14.6 Å². The number of carbonyl (C=O) groups excluding carboxylic acids is 1. The summed E-state index contributed by atoms with van der Waals surface area (Å²) in [5, 5.41) is 6.50. The standard InChI is InChI=1S/C19H30N4O4S.HI/c1-3-27-19(24)23-13-10-16(11-14-23)22-18(20-2)21-12-7-15-28(25,26)17-8-5-4-6-9-17;/h4-6,8-9,16H,3,7,10-15H2,1-2H3,(H2,20,21,22);1H. The molecule has 164 valence electrons. The number of hydrogen-bond acceptors (Lipinski definition) is 5. The van der Waals surface area contributed by atoms with Crippen LogP contribution in [-0.4, -0.2) is 70.5 Å². The highest BCUT2D eigenvalue weighted by atomic mass is 127. The van der Waals surface area contributed by atoms with E-state index in [1.165, 1.54) is 0 Å². The van der Waals surface area contributed by atoms with Gasteiger partial charge in [0.15, 0.2) is 15.8 Å². The average Bonchev–Trinajstić information content (AvgIpc) is 2.71. The molecule has 0 bridgehead atoms. The molecule has 1 aliphatic rings. The van der Waals surface area contributed by atoms with E-state index in [-0.39, 0.29) is 41.9 Å². The molecule has 1 fully saturated rings. The fraction of sp³-hybridized carbons (Fsp3) is 0.579. The maximum Gasteiger partial charge on any atom is 0.409 e. The normalized spacial score (nSPS) is 15.4. The van der Waals surface area contributed by atoms with Crippen LogP contribution in [0.15, 0.2) is 40.2 Å². The van der Waals surface area contributed by atoms with Crippen LogP contribution < -0.4 is 10.6 Å². The molecule has 1 aromatic rings. The highest BCUT2D eigenvalue weighted by Gasteiger charge is 2.24. The number of piperidine rings is 1. The molecule has 2 rings (SSSR count). The molecule has 29 heavy (non-hydrogen) atoms. The third kappa shape index (κ3) is 8.37. The zero-order chi connectivity index (χ0) is 20.4. The van der Waals surface area contributed by atoms with Gasteiger partial charge in [0.25, 0.3) is 0 Å². The molecule has 0 radical (unpaired) electrons. The molecule has 1 aromatic carbocycles. The molecule has 0 saturated carbocycles. The fourth-order valence-electron chi connectivity index (χ4n) is 3.02. The summed E-state index contributed by atoms with van der Waals surface area (Å²) in [4.78, 5) is 18.0. The van der Waals surface area contributed by atoms with Crippen LogP contribution in [0.4, 0.5) is 4.79 Å². The lowest BCUT2D eigenvalue weighted by Gasteiger charge is -2.32. The maximum absolute atomic E-state index is 12.3. The van der Waals surface area contributed by atoms with Gasteiger partial charge in [0.1, 0.15) is 0 Å². The monoisotopic (exact) mass is 538 g/mol.